The van der Waals surface area contributed by atoms with Crippen LogP contribution in [0.2, 0.25) is 0 Å². The van der Waals surface area contributed by atoms with Gasteiger partial charge in [0.2, 0.25) is 0 Å². The van der Waals surface area contributed by atoms with Gasteiger partial charge in [-0.2, -0.15) is 0 Å². The Labute approximate surface area is 222 Å². The molecule has 1 heterocycles. The number of rotatable bonds is 13. The van der Waals surface area contributed by atoms with Crippen LogP contribution in [-0.4, -0.2) is 0 Å². The van der Waals surface area contributed by atoms with Crippen LogP contribution in [0.3, 0.4) is 0 Å². The van der Waals surface area contributed by atoms with Gasteiger partial charge in [-0.05, 0) is 85.2 Å². The van der Waals surface area contributed by atoms with Crippen molar-refractivity contribution in [2.24, 2.45) is 5.92 Å². The average Bonchev–Trinajstić information content (AvgIpc) is 2.90. The Kier molecular flexibility index (Phi) is 10.4. The zero-order valence-corrected chi connectivity index (χ0v) is 23.4. The lowest BCUT2D eigenvalue weighted by Crippen LogP contribution is -2.13. The van der Waals surface area contributed by atoms with Gasteiger partial charge in [0.05, 0.1) is 0 Å². The number of aryl methyl sites for hydroxylation is 1. The lowest BCUT2D eigenvalue weighted by atomic mass is 9.76. The number of hydrogen-bond donors (Lipinski definition) is 0. The van der Waals surface area contributed by atoms with Gasteiger partial charge in [-0.3, -0.25) is 0 Å². The van der Waals surface area contributed by atoms with Crippen LogP contribution in [0, 0.1) is 16.4 Å². The highest BCUT2D eigenvalue weighted by Crippen LogP contribution is 2.40. The van der Waals surface area contributed by atoms with Crippen LogP contribution >= 0.6 is 12.2 Å². The van der Waals surface area contributed by atoms with Gasteiger partial charge in [0.1, 0.15) is 0 Å². The van der Waals surface area contributed by atoms with E-state index in [9.17, 15) is 0 Å². The van der Waals surface area contributed by atoms with Crippen molar-refractivity contribution in [2.45, 2.75) is 122 Å². The van der Waals surface area contributed by atoms with Gasteiger partial charge < -0.3 is 4.42 Å². The number of unbranched alkanes of at least 4 members (excludes halogenated alkanes) is 8. The summed E-state index contributed by atoms with van der Waals surface area (Å²) in [5.74, 6) is 1.27. The van der Waals surface area contributed by atoms with E-state index in [0.717, 1.165) is 46.9 Å². The predicted molar refractivity (Wildman–Crippen MR) is 155 cm³/mol. The van der Waals surface area contributed by atoms with Crippen molar-refractivity contribution in [3.63, 3.8) is 0 Å². The van der Waals surface area contributed by atoms with Gasteiger partial charge in [0.25, 0.3) is 0 Å². The maximum Gasteiger partial charge on any atom is 0.198 e. The Morgan fingerprint density at radius 1 is 0.778 bits per heavy atom. The van der Waals surface area contributed by atoms with E-state index in [2.05, 4.69) is 32.0 Å². The summed E-state index contributed by atoms with van der Waals surface area (Å²) in [7, 11) is 0. The van der Waals surface area contributed by atoms with Gasteiger partial charge in [-0.1, -0.05) is 102 Å². The molecule has 0 bridgehead atoms. The van der Waals surface area contributed by atoms with E-state index >= 15 is 4.39 Å². The molecule has 0 saturated heterocycles. The molecule has 1 aliphatic carbocycles. The highest BCUT2D eigenvalue weighted by atomic mass is 32.1. The summed E-state index contributed by atoms with van der Waals surface area (Å²) < 4.78 is 21.7. The summed E-state index contributed by atoms with van der Waals surface area (Å²) in [6.45, 7) is 4.50. The molecule has 1 nitrogen and oxygen atoms in total. The standard InChI is InChI=1S/C33H45FOS/c1-3-5-7-9-11-13-24-15-17-25(18-16-24)27-20-21-28-29-22-19-26(14-12-10-8-6-4-2)31(34)32(29)35-33(36)30(28)23-27/h19-25H,3-18H2,1-2H3. The third kappa shape index (κ3) is 6.77. The first-order valence-corrected chi connectivity index (χ1v) is 15.2. The maximum atomic E-state index is 15.4. The third-order valence-corrected chi connectivity index (χ3v) is 8.81. The van der Waals surface area contributed by atoms with Crippen molar-refractivity contribution in [3.8, 4) is 0 Å². The minimum Gasteiger partial charge on any atom is -0.441 e. The Morgan fingerprint density at radius 2 is 1.44 bits per heavy atom. The van der Waals surface area contributed by atoms with E-state index in [-0.39, 0.29) is 5.82 Å². The Balaban J connectivity index is 1.44. The topological polar surface area (TPSA) is 13.1 Å². The first kappa shape index (κ1) is 27.3. The summed E-state index contributed by atoms with van der Waals surface area (Å²) in [6.07, 6.45) is 20.1. The first-order valence-electron chi connectivity index (χ1n) is 14.8. The normalized spacial score (nSPS) is 18.3. The van der Waals surface area contributed by atoms with Crippen molar-refractivity contribution < 1.29 is 8.81 Å². The molecule has 0 atom stereocenters. The zero-order chi connectivity index (χ0) is 25.3. The molecule has 0 amide bonds. The van der Waals surface area contributed by atoms with Crippen molar-refractivity contribution >= 4 is 34.0 Å². The number of fused-ring (bicyclic) bond motifs is 3. The van der Waals surface area contributed by atoms with Gasteiger partial charge in [0.15, 0.2) is 16.1 Å². The molecule has 0 aliphatic heterocycles. The smallest absolute Gasteiger partial charge is 0.198 e. The quantitative estimate of drug-likeness (QED) is 0.129. The monoisotopic (exact) mass is 508 g/mol. The van der Waals surface area contributed by atoms with Crippen LogP contribution in [-0.2, 0) is 6.42 Å². The van der Waals surface area contributed by atoms with Crippen LogP contribution in [0.5, 0.6) is 0 Å². The summed E-state index contributed by atoms with van der Waals surface area (Å²) >= 11 is 5.64. The molecular formula is C33H45FOS. The Morgan fingerprint density at radius 3 is 2.17 bits per heavy atom. The molecule has 1 saturated carbocycles. The van der Waals surface area contributed by atoms with E-state index < -0.39 is 0 Å². The zero-order valence-electron chi connectivity index (χ0n) is 22.5. The van der Waals surface area contributed by atoms with E-state index in [4.69, 9.17) is 16.6 Å². The molecule has 4 rings (SSSR count). The second kappa shape index (κ2) is 13.7. The van der Waals surface area contributed by atoms with Gasteiger partial charge in [-0.15, -0.1) is 0 Å². The van der Waals surface area contributed by atoms with E-state index in [1.54, 1.807) is 0 Å². The average molecular weight is 509 g/mol. The van der Waals surface area contributed by atoms with Crippen molar-refractivity contribution in [1.29, 1.82) is 0 Å². The maximum absolute atomic E-state index is 15.4. The molecule has 3 aromatic rings. The van der Waals surface area contributed by atoms with E-state index in [1.807, 2.05) is 12.1 Å². The van der Waals surface area contributed by atoms with Crippen molar-refractivity contribution in [3.05, 3.63) is 52.0 Å². The Hall–Kier alpha value is -1.74. The second-order valence-corrected chi connectivity index (χ2v) is 11.6. The lowest BCUT2D eigenvalue weighted by molar-refractivity contribution is 0.302. The number of halogens is 1. The summed E-state index contributed by atoms with van der Waals surface area (Å²) in [5, 5.41) is 2.81. The van der Waals surface area contributed by atoms with Gasteiger partial charge >= 0.3 is 0 Å². The molecule has 3 heteroatoms. The summed E-state index contributed by atoms with van der Waals surface area (Å²) in [4.78, 5) is 0. The summed E-state index contributed by atoms with van der Waals surface area (Å²) in [5.41, 5.74) is 2.44. The lowest BCUT2D eigenvalue weighted by Gasteiger charge is -2.29. The van der Waals surface area contributed by atoms with Crippen molar-refractivity contribution in [1.82, 2.24) is 0 Å². The molecule has 1 fully saturated rings. The molecule has 0 N–H and O–H groups in total. The highest BCUT2D eigenvalue weighted by molar-refractivity contribution is 7.71. The predicted octanol–water partition coefficient (Wildman–Crippen LogP) is 11.6. The van der Waals surface area contributed by atoms with Gasteiger partial charge in [-0.25, -0.2) is 4.39 Å². The Bertz CT molecular complexity index is 1170. The van der Waals surface area contributed by atoms with Crippen LogP contribution in [0.15, 0.2) is 34.7 Å². The van der Waals surface area contributed by atoms with Crippen LogP contribution in [0.4, 0.5) is 4.39 Å². The minimum atomic E-state index is -0.229. The largest absolute Gasteiger partial charge is 0.441 e. The highest BCUT2D eigenvalue weighted by Gasteiger charge is 2.23. The number of benzene rings is 2. The van der Waals surface area contributed by atoms with E-state index in [1.165, 1.54) is 89.0 Å². The van der Waals surface area contributed by atoms with E-state index in [0.29, 0.717) is 16.2 Å². The fourth-order valence-corrected chi connectivity index (χ4v) is 6.46. The molecular weight excluding hydrogens is 463 g/mol. The molecule has 0 radical (unpaired) electrons. The summed E-state index contributed by atoms with van der Waals surface area (Å²) in [6, 6.07) is 10.6. The van der Waals surface area contributed by atoms with Crippen LogP contribution in [0.25, 0.3) is 21.7 Å². The molecule has 2 aromatic carbocycles. The number of hydrogen-bond acceptors (Lipinski definition) is 2. The molecule has 0 unspecified atom stereocenters. The SMILES string of the molecule is CCCCCCCc1ccc2c(oc(=S)c3cc(C4CCC(CCCCCCC)CC4)ccc32)c1F. The molecule has 1 aliphatic rings. The molecule has 196 valence electrons. The van der Waals surface area contributed by atoms with Crippen LogP contribution in [0.1, 0.15) is 127 Å². The molecule has 36 heavy (non-hydrogen) atoms. The van der Waals surface area contributed by atoms with Crippen molar-refractivity contribution in [2.75, 3.05) is 0 Å². The molecule has 0 spiro atoms. The first-order chi connectivity index (χ1) is 17.6. The fourth-order valence-electron chi connectivity index (χ4n) is 6.21. The molecule has 1 aromatic heterocycles. The fraction of sp³-hybridized carbons (Fsp3) is 0.606. The second-order valence-electron chi connectivity index (χ2n) is 11.2. The minimum absolute atomic E-state index is 0.229. The van der Waals surface area contributed by atoms with Gasteiger partial charge in [0, 0.05) is 10.8 Å². The van der Waals surface area contributed by atoms with Crippen LogP contribution < -0.4 is 0 Å². The third-order valence-electron chi connectivity index (χ3n) is 8.51.